The van der Waals surface area contributed by atoms with Crippen LogP contribution in [0.25, 0.3) is 0 Å². The van der Waals surface area contributed by atoms with Crippen molar-refractivity contribution < 1.29 is 9.53 Å². The predicted molar refractivity (Wildman–Crippen MR) is 86.4 cm³/mol. The van der Waals surface area contributed by atoms with E-state index in [2.05, 4.69) is 10.1 Å². The Morgan fingerprint density at radius 1 is 1.39 bits per heavy atom. The standard InChI is InChI=1S/C16H21N5O2/c1-19(2)16-14(5-3-7-17-16)23-13-6-10-20(11-13)15(22)12-21-9-4-8-18-21/h3-5,7-9,13H,6,10-12H2,1-2H3/t13-/m1/s1. The lowest BCUT2D eigenvalue weighted by atomic mass is 10.3. The number of amides is 1. The smallest absolute Gasteiger partial charge is 0.244 e. The molecule has 0 aromatic carbocycles. The highest BCUT2D eigenvalue weighted by Gasteiger charge is 2.28. The van der Waals surface area contributed by atoms with Gasteiger partial charge in [-0.05, 0) is 18.2 Å². The quantitative estimate of drug-likeness (QED) is 0.824. The summed E-state index contributed by atoms with van der Waals surface area (Å²) in [5.41, 5.74) is 0. The van der Waals surface area contributed by atoms with Crippen LogP contribution in [-0.4, -0.2) is 58.9 Å². The number of hydrogen-bond donors (Lipinski definition) is 0. The van der Waals surface area contributed by atoms with Gasteiger partial charge in [0.25, 0.3) is 0 Å². The van der Waals surface area contributed by atoms with Gasteiger partial charge in [-0.2, -0.15) is 5.10 Å². The molecular formula is C16H21N5O2. The molecule has 1 saturated heterocycles. The number of aromatic nitrogens is 3. The summed E-state index contributed by atoms with van der Waals surface area (Å²) >= 11 is 0. The van der Waals surface area contributed by atoms with Crippen LogP contribution in [0.4, 0.5) is 5.82 Å². The van der Waals surface area contributed by atoms with Crippen molar-refractivity contribution in [2.75, 3.05) is 32.1 Å². The van der Waals surface area contributed by atoms with Gasteiger partial charge >= 0.3 is 0 Å². The summed E-state index contributed by atoms with van der Waals surface area (Å²) in [7, 11) is 3.87. The Bertz CT molecular complexity index is 656. The van der Waals surface area contributed by atoms with Gasteiger partial charge in [-0.15, -0.1) is 0 Å². The Hall–Kier alpha value is -2.57. The van der Waals surface area contributed by atoms with Crippen molar-refractivity contribution in [3.05, 3.63) is 36.8 Å². The zero-order valence-corrected chi connectivity index (χ0v) is 13.4. The van der Waals surface area contributed by atoms with Crippen LogP contribution in [0, 0.1) is 0 Å². The molecule has 7 heteroatoms. The number of ether oxygens (including phenoxy) is 1. The molecule has 1 atom stereocenters. The fourth-order valence-corrected chi connectivity index (χ4v) is 2.67. The number of anilines is 1. The summed E-state index contributed by atoms with van der Waals surface area (Å²) < 4.78 is 7.70. The van der Waals surface area contributed by atoms with Crippen LogP contribution < -0.4 is 9.64 Å². The second-order valence-electron chi connectivity index (χ2n) is 5.79. The van der Waals surface area contributed by atoms with Crippen molar-refractivity contribution in [3.63, 3.8) is 0 Å². The third-order valence-electron chi connectivity index (χ3n) is 3.82. The molecule has 2 aromatic rings. The SMILES string of the molecule is CN(C)c1ncccc1O[C@@H]1CCN(C(=O)Cn2cccn2)C1. The van der Waals surface area contributed by atoms with E-state index >= 15 is 0 Å². The molecule has 2 aromatic heterocycles. The average molecular weight is 315 g/mol. The summed E-state index contributed by atoms with van der Waals surface area (Å²) in [6, 6.07) is 5.59. The molecule has 1 fully saturated rings. The van der Waals surface area contributed by atoms with Gasteiger partial charge in [0.05, 0.1) is 6.54 Å². The van der Waals surface area contributed by atoms with E-state index in [1.165, 1.54) is 0 Å². The van der Waals surface area contributed by atoms with Gasteiger partial charge < -0.3 is 14.5 Å². The highest BCUT2D eigenvalue weighted by Crippen LogP contribution is 2.26. The largest absolute Gasteiger partial charge is 0.485 e. The lowest BCUT2D eigenvalue weighted by Gasteiger charge is -2.20. The van der Waals surface area contributed by atoms with Crippen LogP contribution >= 0.6 is 0 Å². The van der Waals surface area contributed by atoms with Gasteiger partial charge in [0.2, 0.25) is 5.91 Å². The predicted octanol–water partition coefficient (Wildman–Crippen LogP) is 1.02. The summed E-state index contributed by atoms with van der Waals surface area (Å²) in [5.74, 6) is 1.62. The van der Waals surface area contributed by atoms with Crippen LogP contribution in [0.2, 0.25) is 0 Å². The summed E-state index contributed by atoms with van der Waals surface area (Å²) in [4.78, 5) is 20.4. The summed E-state index contributed by atoms with van der Waals surface area (Å²) in [6.07, 6.45) is 6.04. The maximum Gasteiger partial charge on any atom is 0.244 e. The van der Waals surface area contributed by atoms with Crippen molar-refractivity contribution in [2.24, 2.45) is 0 Å². The van der Waals surface area contributed by atoms with Crippen molar-refractivity contribution in [3.8, 4) is 5.75 Å². The number of rotatable bonds is 5. The maximum absolute atomic E-state index is 12.3. The summed E-state index contributed by atoms with van der Waals surface area (Å²) in [5, 5.41) is 4.07. The van der Waals surface area contributed by atoms with Gasteiger partial charge in [0.1, 0.15) is 12.6 Å². The molecule has 23 heavy (non-hydrogen) atoms. The third kappa shape index (κ3) is 3.61. The topological polar surface area (TPSA) is 63.5 Å². The highest BCUT2D eigenvalue weighted by atomic mass is 16.5. The Morgan fingerprint density at radius 2 is 2.26 bits per heavy atom. The number of hydrogen-bond acceptors (Lipinski definition) is 5. The molecule has 0 bridgehead atoms. The van der Waals surface area contributed by atoms with Gasteiger partial charge in [0.15, 0.2) is 11.6 Å². The second-order valence-corrected chi connectivity index (χ2v) is 5.79. The molecule has 1 aliphatic heterocycles. The van der Waals surface area contributed by atoms with Gasteiger partial charge in [-0.1, -0.05) is 0 Å². The average Bonchev–Trinajstić information content (AvgIpc) is 3.19. The van der Waals surface area contributed by atoms with Crippen molar-refractivity contribution in [1.82, 2.24) is 19.7 Å². The fourth-order valence-electron chi connectivity index (χ4n) is 2.67. The molecule has 3 heterocycles. The Labute approximate surface area is 135 Å². The van der Waals surface area contributed by atoms with Crippen LogP contribution in [-0.2, 0) is 11.3 Å². The van der Waals surface area contributed by atoms with E-state index in [4.69, 9.17) is 4.74 Å². The van der Waals surface area contributed by atoms with Crippen molar-refractivity contribution in [1.29, 1.82) is 0 Å². The monoisotopic (exact) mass is 315 g/mol. The number of likely N-dealkylation sites (tertiary alicyclic amines) is 1. The van der Waals surface area contributed by atoms with Crippen LogP contribution in [0.3, 0.4) is 0 Å². The zero-order chi connectivity index (χ0) is 16.2. The number of carbonyl (C=O) groups is 1. The minimum absolute atomic E-state index is 0.000489. The first-order valence-electron chi connectivity index (χ1n) is 7.67. The van der Waals surface area contributed by atoms with Crippen LogP contribution in [0.5, 0.6) is 5.75 Å². The zero-order valence-electron chi connectivity index (χ0n) is 13.4. The van der Waals surface area contributed by atoms with Crippen LogP contribution in [0.15, 0.2) is 36.8 Å². The molecule has 1 amide bonds. The van der Waals surface area contributed by atoms with E-state index in [-0.39, 0.29) is 18.6 Å². The Morgan fingerprint density at radius 3 is 3.00 bits per heavy atom. The fraction of sp³-hybridized carbons (Fsp3) is 0.438. The van der Waals surface area contributed by atoms with Crippen molar-refractivity contribution in [2.45, 2.75) is 19.1 Å². The number of nitrogens with zero attached hydrogens (tertiary/aromatic N) is 5. The molecule has 7 nitrogen and oxygen atoms in total. The first kappa shape index (κ1) is 15.3. The highest BCUT2D eigenvalue weighted by molar-refractivity contribution is 5.76. The molecule has 3 rings (SSSR count). The Kier molecular flexibility index (Phi) is 4.45. The second kappa shape index (κ2) is 6.68. The molecule has 1 aliphatic rings. The molecule has 0 aliphatic carbocycles. The third-order valence-corrected chi connectivity index (χ3v) is 3.82. The summed E-state index contributed by atoms with van der Waals surface area (Å²) in [6.45, 7) is 1.58. The molecular weight excluding hydrogens is 294 g/mol. The van der Waals surface area contributed by atoms with E-state index in [1.54, 1.807) is 23.3 Å². The van der Waals surface area contributed by atoms with Crippen molar-refractivity contribution >= 4 is 11.7 Å². The first-order chi connectivity index (χ1) is 11.1. The lowest BCUT2D eigenvalue weighted by molar-refractivity contribution is -0.131. The molecule has 0 radical (unpaired) electrons. The minimum atomic E-state index is -0.000489. The number of carbonyl (C=O) groups excluding carboxylic acids is 1. The molecule has 0 spiro atoms. The molecule has 0 saturated carbocycles. The van der Waals surface area contributed by atoms with E-state index in [1.807, 2.05) is 42.1 Å². The molecule has 0 unspecified atom stereocenters. The maximum atomic E-state index is 12.3. The Balaban J connectivity index is 1.59. The van der Waals surface area contributed by atoms with E-state index in [9.17, 15) is 4.79 Å². The van der Waals surface area contributed by atoms with E-state index < -0.39 is 0 Å². The number of pyridine rings is 1. The first-order valence-corrected chi connectivity index (χ1v) is 7.67. The van der Waals surface area contributed by atoms with Gasteiger partial charge in [0, 0.05) is 45.7 Å². The van der Waals surface area contributed by atoms with Gasteiger partial charge in [-0.25, -0.2) is 4.98 Å². The van der Waals surface area contributed by atoms with Crippen LogP contribution in [0.1, 0.15) is 6.42 Å². The minimum Gasteiger partial charge on any atom is -0.485 e. The molecule has 122 valence electrons. The normalized spacial score (nSPS) is 17.3. The lowest BCUT2D eigenvalue weighted by Crippen LogP contribution is -2.33. The van der Waals surface area contributed by atoms with E-state index in [0.29, 0.717) is 13.1 Å². The van der Waals surface area contributed by atoms with E-state index in [0.717, 1.165) is 18.0 Å². The van der Waals surface area contributed by atoms with Gasteiger partial charge in [-0.3, -0.25) is 9.48 Å². The molecule has 0 N–H and O–H groups in total.